The van der Waals surface area contributed by atoms with Crippen LogP contribution >= 0.6 is 39.1 Å². The van der Waals surface area contributed by atoms with E-state index in [1.54, 1.807) is 23.6 Å². The second kappa shape index (κ2) is 8.00. The summed E-state index contributed by atoms with van der Waals surface area (Å²) in [4.78, 5) is 16.8. The summed E-state index contributed by atoms with van der Waals surface area (Å²) in [7, 11) is 0. The predicted molar refractivity (Wildman–Crippen MR) is 107 cm³/mol. The van der Waals surface area contributed by atoms with Crippen LogP contribution in [0.2, 0.25) is 10.0 Å². The van der Waals surface area contributed by atoms with Crippen molar-refractivity contribution in [3.8, 4) is 16.9 Å². The number of carbonyl (C=O) groups excluding carboxylic acids is 1. The molecule has 27 heavy (non-hydrogen) atoms. The van der Waals surface area contributed by atoms with E-state index in [9.17, 15) is 9.18 Å². The fraction of sp³-hybridized carbons (Fsp3) is 0.158. The molecule has 1 heterocycles. The van der Waals surface area contributed by atoms with Gasteiger partial charge in [0.25, 0.3) is 0 Å². The minimum absolute atomic E-state index is 0.0611. The highest BCUT2D eigenvalue weighted by molar-refractivity contribution is 9.10. The molecule has 2 aromatic carbocycles. The van der Waals surface area contributed by atoms with Crippen LogP contribution in [0.1, 0.15) is 23.0 Å². The summed E-state index contributed by atoms with van der Waals surface area (Å²) in [6.07, 6.45) is 0. The predicted octanol–water partition coefficient (Wildman–Crippen LogP) is 6.23. The number of rotatable bonds is 4. The van der Waals surface area contributed by atoms with Crippen LogP contribution in [0.4, 0.5) is 4.39 Å². The molecule has 0 bridgehead atoms. The average Bonchev–Trinajstić information content (AvgIpc) is 2.97. The lowest BCUT2D eigenvalue weighted by Crippen LogP contribution is -2.08. The Kier molecular flexibility index (Phi) is 5.89. The largest absolute Gasteiger partial charge is 0.461 e. The molecule has 0 N–H and O–H groups in total. The van der Waals surface area contributed by atoms with E-state index in [1.807, 2.05) is 13.0 Å². The molecule has 3 rings (SSSR count). The van der Waals surface area contributed by atoms with E-state index in [0.29, 0.717) is 26.7 Å². The summed E-state index contributed by atoms with van der Waals surface area (Å²) in [5.41, 5.74) is 2.65. The molecule has 8 heteroatoms. The van der Waals surface area contributed by atoms with Gasteiger partial charge in [0.15, 0.2) is 10.4 Å². The zero-order valence-corrected chi connectivity index (χ0v) is 17.5. The van der Waals surface area contributed by atoms with Crippen LogP contribution in [0.15, 0.2) is 41.1 Å². The van der Waals surface area contributed by atoms with Gasteiger partial charge in [-0.2, -0.15) is 0 Å². The lowest BCUT2D eigenvalue weighted by Gasteiger charge is -2.14. The van der Waals surface area contributed by atoms with Crippen molar-refractivity contribution < 1.29 is 13.9 Å². The highest BCUT2D eigenvalue weighted by Gasteiger charge is 2.26. The molecule has 0 saturated carbocycles. The van der Waals surface area contributed by atoms with Crippen molar-refractivity contribution in [1.29, 1.82) is 0 Å². The Morgan fingerprint density at radius 1 is 1.26 bits per heavy atom. The minimum atomic E-state index is -0.591. The monoisotopic (exact) mass is 470 g/mol. The molecule has 3 aromatic rings. The van der Waals surface area contributed by atoms with Gasteiger partial charge in [0, 0.05) is 10.6 Å². The van der Waals surface area contributed by atoms with Crippen molar-refractivity contribution >= 4 is 45.1 Å². The number of nitrogens with zero attached hydrogens (tertiary/aromatic N) is 2. The van der Waals surface area contributed by atoms with Crippen molar-refractivity contribution in [2.24, 2.45) is 0 Å². The maximum absolute atomic E-state index is 13.7. The summed E-state index contributed by atoms with van der Waals surface area (Å²) in [6, 6.07) is 9.60. The number of carbonyl (C=O) groups is 1. The first-order valence-corrected chi connectivity index (χ1v) is 9.55. The summed E-state index contributed by atoms with van der Waals surface area (Å²) < 4.78 is 20.9. The van der Waals surface area contributed by atoms with Gasteiger partial charge >= 0.3 is 5.97 Å². The number of imidazole rings is 1. The first-order valence-electron chi connectivity index (χ1n) is 8.00. The zero-order chi connectivity index (χ0) is 19.7. The highest BCUT2D eigenvalue weighted by atomic mass is 79.9. The number of hydrogen-bond acceptors (Lipinski definition) is 3. The molecule has 140 valence electrons. The average molecular weight is 472 g/mol. The van der Waals surface area contributed by atoms with E-state index < -0.39 is 11.8 Å². The molecule has 0 fully saturated rings. The van der Waals surface area contributed by atoms with Crippen LogP contribution in [-0.2, 0) is 4.74 Å². The van der Waals surface area contributed by atoms with E-state index in [0.717, 1.165) is 5.56 Å². The molecular weight excluding hydrogens is 458 g/mol. The number of halogens is 4. The van der Waals surface area contributed by atoms with Gasteiger partial charge in [0.05, 0.1) is 23.0 Å². The standard InChI is InChI=1S/C19H14BrCl2FN2O2/c1-3-27-18(26)16-17(11-5-7-14(23)13(22)8-11)25(19(20)24-16)15-9-12(21)6-4-10(15)2/h4-9H,3H2,1-2H3. The van der Waals surface area contributed by atoms with Gasteiger partial charge in [0.1, 0.15) is 5.82 Å². The Balaban J connectivity index is 2.35. The molecule has 0 amide bonds. The van der Waals surface area contributed by atoms with Gasteiger partial charge in [-0.05, 0) is 65.7 Å². The fourth-order valence-corrected chi connectivity index (χ4v) is 3.58. The first kappa shape index (κ1) is 19.9. The number of esters is 1. The topological polar surface area (TPSA) is 44.1 Å². The van der Waals surface area contributed by atoms with Crippen LogP contribution < -0.4 is 0 Å². The van der Waals surface area contributed by atoms with Crippen LogP contribution in [-0.4, -0.2) is 22.1 Å². The van der Waals surface area contributed by atoms with Crippen molar-refractivity contribution in [2.45, 2.75) is 13.8 Å². The van der Waals surface area contributed by atoms with Crippen LogP contribution in [0.5, 0.6) is 0 Å². The molecule has 0 aliphatic carbocycles. The maximum atomic E-state index is 13.7. The number of ether oxygens (including phenoxy) is 1. The molecule has 0 aliphatic rings. The van der Waals surface area contributed by atoms with E-state index in [-0.39, 0.29) is 17.3 Å². The number of aryl methyl sites for hydroxylation is 1. The van der Waals surface area contributed by atoms with Crippen LogP contribution in [0, 0.1) is 12.7 Å². The quantitative estimate of drug-likeness (QED) is 0.423. The Hall–Kier alpha value is -1.89. The van der Waals surface area contributed by atoms with E-state index in [4.69, 9.17) is 27.9 Å². The van der Waals surface area contributed by atoms with Gasteiger partial charge in [-0.15, -0.1) is 0 Å². The molecule has 0 aliphatic heterocycles. The number of aromatic nitrogens is 2. The number of hydrogen-bond donors (Lipinski definition) is 0. The molecule has 1 aromatic heterocycles. The van der Waals surface area contributed by atoms with Crippen molar-refractivity contribution in [1.82, 2.24) is 9.55 Å². The fourth-order valence-electron chi connectivity index (χ4n) is 2.69. The molecule has 0 atom stereocenters. The molecule has 0 unspecified atom stereocenters. The summed E-state index contributed by atoms with van der Waals surface area (Å²) in [6.45, 7) is 3.81. The zero-order valence-electron chi connectivity index (χ0n) is 14.4. The third kappa shape index (κ3) is 3.88. The van der Waals surface area contributed by atoms with Crippen molar-refractivity contribution in [2.75, 3.05) is 6.61 Å². The van der Waals surface area contributed by atoms with Crippen LogP contribution in [0.25, 0.3) is 16.9 Å². The molecule has 0 radical (unpaired) electrons. The van der Waals surface area contributed by atoms with Gasteiger partial charge in [-0.1, -0.05) is 29.3 Å². The third-order valence-corrected chi connectivity index (χ3v) is 4.97. The third-order valence-electron chi connectivity index (χ3n) is 3.91. The molecule has 0 spiro atoms. The lowest BCUT2D eigenvalue weighted by atomic mass is 10.1. The summed E-state index contributed by atoms with van der Waals surface area (Å²) in [5.74, 6) is -1.14. The van der Waals surface area contributed by atoms with E-state index in [1.165, 1.54) is 18.2 Å². The highest BCUT2D eigenvalue weighted by Crippen LogP contribution is 2.35. The molecular formula is C19H14BrCl2FN2O2. The minimum Gasteiger partial charge on any atom is -0.461 e. The van der Waals surface area contributed by atoms with Gasteiger partial charge < -0.3 is 4.74 Å². The summed E-state index contributed by atoms with van der Waals surface area (Å²) in [5, 5.41) is 0.464. The Morgan fingerprint density at radius 3 is 2.67 bits per heavy atom. The smallest absolute Gasteiger partial charge is 0.359 e. The normalized spacial score (nSPS) is 10.9. The first-order chi connectivity index (χ1) is 12.8. The van der Waals surface area contributed by atoms with Gasteiger partial charge in [-0.25, -0.2) is 14.2 Å². The maximum Gasteiger partial charge on any atom is 0.359 e. The number of benzene rings is 2. The van der Waals surface area contributed by atoms with E-state index >= 15 is 0 Å². The Labute approximate surface area is 174 Å². The second-order valence-corrected chi connectivity index (χ2v) is 7.25. The van der Waals surface area contributed by atoms with Crippen molar-refractivity contribution in [3.63, 3.8) is 0 Å². The van der Waals surface area contributed by atoms with Crippen LogP contribution in [0.3, 0.4) is 0 Å². The second-order valence-electron chi connectivity index (χ2n) is 5.69. The summed E-state index contributed by atoms with van der Waals surface area (Å²) >= 11 is 15.5. The van der Waals surface area contributed by atoms with E-state index in [2.05, 4.69) is 20.9 Å². The Morgan fingerprint density at radius 2 is 2.00 bits per heavy atom. The van der Waals surface area contributed by atoms with Gasteiger partial charge in [0.2, 0.25) is 0 Å². The Bertz CT molecular complexity index is 1040. The van der Waals surface area contributed by atoms with Crippen molar-refractivity contribution in [3.05, 3.63) is 68.3 Å². The molecule has 0 saturated heterocycles. The SMILES string of the molecule is CCOC(=O)c1nc(Br)n(-c2cc(Cl)ccc2C)c1-c1ccc(F)c(Cl)c1. The molecule has 4 nitrogen and oxygen atoms in total. The van der Waals surface area contributed by atoms with Gasteiger partial charge in [-0.3, -0.25) is 4.57 Å². The lowest BCUT2D eigenvalue weighted by molar-refractivity contribution is 0.0521.